The number of carbonyl (C=O) groups is 1. The number of sulfone groups is 1. The Morgan fingerprint density at radius 1 is 1.26 bits per heavy atom. The molecule has 0 aliphatic carbocycles. The van der Waals surface area contributed by atoms with E-state index in [9.17, 15) is 13.2 Å². The van der Waals surface area contributed by atoms with E-state index in [0.29, 0.717) is 22.2 Å². The van der Waals surface area contributed by atoms with Crippen molar-refractivity contribution in [2.75, 3.05) is 6.26 Å². The summed E-state index contributed by atoms with van der Waals surface area (Å²) in [5, 5.41) is 9.54. The normalized spacial score (nSPS) is 11.9. The summed E-state index contributed by atoms with van der Waals surface area (Å²) < 4.78 is 24.6. The summed E-state index contributed by atoms with van der Waals surface area (Å²) in [7, 11) is -3.47. The van der Waals surface area contributed by atoms with Gasteiger partial charge in [-0.05, 0) is 11.1 Å². The minimum absolute atomic E-state index is 0.204. The molecule has 3 rings (SSSR count). The molecule has 1 aromatic carbocycles. The third-order valence-electron chi connectivity index (χ3n) is 3.55. The van der Waals surface area contributed by atoms with E-state index in [-0.39, 0.29) is 11.3 Å². The number of thiophene rings is 1. The lowest BCUT2D eigenvalue weighted by atomic mass is 10.1. The van der Waals surface area contributed by atoms with Crippen LogP contribution in [0.1, 0.15) is 16.0 Å². The topological polar surface area (TPSA) is 87.2 Å². The maximum absolute atomic E-state index is 12.3. The first-order valence-corrected chi connectivity index (χ1v) is 9.64. The van der Waals surface area contributed by atoms with E-state index < -0.39 is 15.8 Å². The molecular weight excluding hydrogens is 334 g/mol. The molecule has 120 valence electrons. The molecule has 23 heavy (non-hydrogen) atoms. The fourth-order valence-electron chi connectivity index (χ4n) is 2.67. The number of aromatic amines is 1. The summed E-state index contributed by atoms with van der Waals surface area (Å²) in [6.45, 7) is 0. The number of benzene rings is 1. The van der Waals surface area contributed by atoms with Crippen LogP contribution in [0.25, 0.3) is 10.2 Å². The number of aromatic nitrogens is 1. The second-order valence-electron chi connectivity index (χ2n) is 5.38. The Bertz CT molecular complexity index is 968. The average Bonchev–Trinajstić information content (AvgIpc) is 2.98. The number of hydrogen-bond donors (Lipinski definition) is 2. The van der Waals surface area contributed by atoms with Gasteiger partial charge in [-0.1, -0.05) is 30.3 Å². The lowest BCUT2D eigenvalue weighted by Crippen LogP contribution is -2.03. The highest BCUT2D eigenvalue weighted by Gasteiger charge is 2.25. The van der Waals surface area contributed by atoms with E-state index in [2.05, 4.69) is 4.98 Å². The third kappa shape index (κ3) is 3.16. The lowest BCUT2D eigenvalue weighted by Gasteiger charge is -2.04. The van der Waals surface area contributed by atoms with Crippen molar-refractivity contribution in [3.63, 3.8) is 0 Å². The number of rotatable bonds is 5. The van der Waals surface area contributed by atoms with E-state index in [1.165, 1.54) is 17.6 Å². The number of fused-ring (bicyclic) bond motifs is 1. The molecule has 0 bridgehead atoms. The van der Waals surface area contributed by atoms with Gasteiger partial charge in [-0.3, -0.25) is 4.79 Å². The highest BCUT2D eigenvalue weighted by Crippen LogP contribution is 2.38. The van der Waals surface area contributed by atoms with Crippen LogP contribution in [0.5, 0.6) is 0 Å². The molecule has 0 atom stereocenters. The summed E-state index contributed by atoms with van der Waals surface area (Å²) in [5.74, 6) is -0.985. The summed E-state index contributed by atoms with van der Waals surface area (Å²) in [4.78, 5) is 15.7. The third-order valence-corrected chi connectivity index (χ3v) is 5.99. The van der Waals surface area contributed by atoms with E-state index in [1.54, 1.807) is 6.20 Å². The molecule has 3 aromatic rings. The van der Waals surface area contributed by atoms with E-state index in [4.69, 9.17) is 5.11 Å². The van der Waals surface area contributed by atoms with Crippen molar-refractivity contribution in [3.8, 4) is 0 Å². The molecule has 0 radical (unpaired) electrons. The molecule has 0 aliphatic rings. The van der Waals surface area contributed by atoms with Crippen LogP contribution in [0.15, 0.2) is 41.4 Å². The van der Waals surface area contributed by atoms with E-state index in [0.717, 1.165) is 10.4 Å². The van der Waals surface area contributed by atoms with Gasteiger partial charge in [-0.25, -0.2) is 8.42 Å². The van der Waals surface area contributed by atoms with Crippen molar-refractivity contribution in [1.29, 1.82) is 0 Å². The number of carboxylic acid groups (broad SMARTS) is 1. The van der Waals surface area contributed by atoms with E-state index in [1.807, 2.05) is 30.3 Å². The summed E-state index contributed by atoms with van der Waals surface area (Å²) >= 11 is 1.37. The van der Waals surface area contributed by atoms with Gasteiger partial charge < -0.3 is 10.1 Å². The Morgan fingerprint density at radius 2 is 1.96 bits per heavy atom. The molecule has 0 saturated heterocycles. The zero-order chi connectivity index (χ0) is 16.6. The monoisotopic (exact) mass is 349 g/mol. The van der Waals surface area contributed by atoms with Crippen molar-refractivity contribution in [2.45, 2.75) is 17.7 Å². The zero-order valence-corrected chi connectivity index (χ0v) is 14.0. The van der Waals surface area contributed by atoms with Gasteiger partial charge in [0.2, 0.25) is 0 Å². The smallest absolute Gasteiger partial charge is 0.307 e. The quantitative estimate of drug-likeness (QED) is 0.741. The van der Waals surface area contributed by atoms with Gasteiger partial charge >= 0.3 is 5.97 Å². The fraction of sp³-hybridized carbons (Fsp3) is 0.188. The first-order chi connectivity index (χ1) is 10.9. The maximum atomic E-state index is 12.3. The van der Waals surface area contributed by atoms with Crippen LogP contribution in [-0.2, 0) is 27.5 Å². The largest absolute Gasteiger partial charge is 0.481 e. The molecular formula is C16H15NO4S2. The standard InChI is InChI=1S/C16H15NO4S2/c1-23(20,21)15-12(7-10-5-3-2-4-6-10)22-16-14(15)11(9-17-16)8-13(18)19/h2-6,9,17H,7-8H2,1H3,(H,18,19). The number of aliphatic carboxylic acids is 1. The molecule has 5 nitrogen and oxygen atoms in total. The van der Waals surface area contributed by atoms with Crippen molar-refractivity contribution in [3.05, 3.63) is 52.5 Å². The summed E-state index contributed by atoms with van der Waals surface area (Å²) in [6, 6.07) is 9.61. The number of carboxylic acids is 1. The van der Waals surface area contributed by atoms with Gasteiger partial charge in [0.25, 0.3) is 0 Å². The highest BCUT2D eigenvalue weighted by molar-refractivity contribution is 7.91. The van der Waals surface area contributed by atoms with Crippen LogP contribution in [0, 0.1) is 0 Å². The van der Waals surface area contributed by atoms with Gasteiger partial charge in [0, 0.05) is 29.1 Å². The molecule has 0 saturated carbocycles. The SMILES string of the molecule is CS(=O)(=O)c1c(Cc2ccccc2)sc2[nH]cc(CC(=O)O)c12. The van der Waals surface area contributed by atoms with Gasteiger partial charge in [-0.15, -0.1) is 11.3 Å². The Morgan fingerprint density at radius 3 is 2.57 bits per heavy atom. The Labute approximate surface area is 137 Å². The second-order valence-corrected chi connectivity index (χ2v) is 8.44. The molecule has 7 heteroatoms. The molecule has 0 fully saturated rings. The van der Waals surface area contributed by atoms with Crippen LogP contribution < -0.4 is 0 Å². The lowest BCUT2D eigenvalue weighted by molar-refractivity contribution is -0.136. The second kappa shape index (κ2) is 5.82. The van der Waals surface area contributed by atoms with Crippen molar-refractivity contribution >= 4 is 37.4 Å². The number of hydrogen-bond acceptors (Lipinski definition) is 4. The predicted molar refractivity (Wildman–Crippen MR) is 89.9 cm³/mol. The average molecular weight is 349 g/mol. The van der Waals surface area contributed by atoms with Gasteiger partial charge in [0.05, 0.1) is 11.3 Å². The molecule has 0 unspecified atom stereocenters. The van der Waals surface area contributed by atoms with Crippen molar-refractivity contribution < 1.29 is 18.3 Å². The van der Waals surface area contributed by atoms with Crippen LogP contribution in [0.2, 0.25) is 0 Å². The molecule has 0 amide bonds. The molecule has 2 heterocycles. The van der Waals surface area contributed by atoms with Crippen LogP contribution in [0.4, 0.5) is 0 Å². The molecule has 0 spiro atoms. The van der Waals surface area contributed by atoms with Gasteiger partial charge in [-0.2, -0.15) is 0 Å². The minimum Gasteiger partial charge on any atom is -0.481 e. The Balaban J connectivity index is 2.18. The highest BCUT2D eigenvalue weighted by atomic mass is 32.2. The fourth-order valence-corrected chi connectivity index (χ4v) is 5.54. The first-order valence-electron chi connectivity index (χ1n) is 6.93. The predicted octanol–water partition coefficient (Wildman–Crippen LogP) is 2.85. The van der Waals surface area contributed by atoms with Crippen LogP contribution in [0.3, 0.4) is 0 Å². The minimum atomic E-state index is -3.47. The molecule has 0 aliphatic heterocycles. The maximum Gasteiger partial charge on any atom is 0.307 e. The van der Waals surface area contributed by atoms with Crippen molar-refractivity contribution in [1.82, 2.24) is 4.98 Å². The Hall–Kier alpha value is -2.12. The number of nitrogens with one attached hydrogen (secondary N) is 1. The zero-order valence-electron chi connectivity index (χ0n) is 12.4. The molecule has 2 aromatic heterocycles. The summed E-state index contributed by atoms with van der Waals surface area (Å²) in [5.41, 5.74) is 1.52. The summed E-state index contributed by atoms with van der Waals surface area (Å²) in [6.07, 6.45) is 3.05. The van der Waals surface area contributed by atoms with Gasteiger partial charge in [0.1, 0.15) is 4.83 Å². The molecule has 2 N–H and O–H groups in total. The van der Waals surface area contributed by atoms with Gasteiger partial charge in [0.15, 0.2) is 9.84 Å². The Kier molecular flexibility index (Phi) is 3.99. The van der Waals surface area contributed by atoms with E-state index >= 15 is 0 Å². The van der Waals surface area contributed by atoms with Crippen LogP contribution >= 0.6 is 11.3 Å². The number of H-pyrrole nitrogens is 1. The first kappa shape index (κ1) is 15.8. The van der Waals surface area contributed by atoms with Crippen LogP contribution in [-0.4, -0.2) is 30.7 Å². The van der Waals surface area contributed by atoms with Crippen molar-refractivity contribution in [2.24, 2.45) is 0 Å².